The van der Waals surface area contributed by atoms with Crippen LogP contribution in [0.4, 0.5) is 0 Å². The number of aromatic nitrogens is 2. The van der Waals surface area contributed by atoms with Crippen LogP contribution in [0.5, 0.6) is 0 Å². The lowest BCUT2D eigenvalue weighted by Crippen LogP contribution is -2.46. The fourth-order valence-electron chi connectivity index (χ4n) is 2.43. The molecule has 6 nitrogen and oxygen atoms in total. The van der Waals surface area contributed by atoms with Crippen molar-refractivity contribution in [2.24, 2.45) is 7.05 Å². The van der Waals surface area contributed by atoms with Crippen molar-refractivity contribution in [1.29, 1.82) is 0 Å². The van der Waals surface area contributed by atoms with Crippen LogP contribution in [0.15, 0.2) is 24.4 Å². The standard InChI is InChI=1S/C14H16N4O2/c1-17-9-12-11(3-2-4-13(12)15-17)14(20)16-18-7-5-10(19)6-8-18/h2-4,9H,5-8H2,1H3,(H,16,20). The minimum atomic E-state index is -0.155. The Kier molecular flexibility index (Phi) is 3.23. The average Bonchev–Trinajstić information content (AvgIpc) is 2.81. The van der Waals surface area contributed by atoms with Crippen molar-refractivity contribution in [3.8, 4) is 0 Å². The third-order valence-electron chi connectivity index (χ3n) is 3.49. The van der Waals surface area contributed by atoms with Gasteiger partial charge in [0.15, 0.2) is 0 Å². The van der Waals surface area contributed by atoms with Gasteiger partial charge in [0.1, 0.15) is 5.78 Å². The number of amides is 1. The van der Waals surface area contributed by atoms with E-state index in [9.17, 15) is 9.59 Å². The average molecular weight is 272 g/mol. The number of Topliss-reactive ketones (excluding diaryl/α,β-unsaturated/α-hetero) is 1. The highest BCUT2D eigenvalue weighted by atomic mass is 16.2. The van der Waals surface area contributed by atoms with E-state index in [4.69, 9.17) is 0 Å². The second-order valence-electron chi connectivity index (χ2n) is 5.01. The molecular formula is C14H16N4O2. The second kappa shape index (κ2) is 5.05. The highest BCUT2D eigenvalue weighted by Crippen LogP contribution is 2.17. The minimum absolute atomic E-state index is 0.155. The smallest absolute Gasteiger partial charge is 0.266 e. The molecule has 1 N–H and O–H groups in total. The first-order valence-electron chi connectivity index (χ1n) is 6.63. The molecule has 1 amide bonds. The van der Waals surface area contributed by atoms with Gasteiger partial charge in [-0.25, -0.2) is 5.01 Å². The molecule has 0 aliphatic carbocycles. The van der Waals surface area contributed by atoms with Crippen LogP contribution in [-0.4, -0.2) is 39.6 Å². The fraction of sp³-hybridized carbons (Fsp3) is 0.357. The molecule has 1 aliphatic heterocycles. The number of nitrogens with one attached hydrogen (secondary N) is 1. The van der Waals surface area contributed by atoms with Gasteiger partial charge in [-0.1, -0.05) is 6.07 Å². The SMILES string of the molecule is Cn1cc2c(C(=O)NN3CCC(=O)CC3)cccc2n1. The molecule has 1 aliphatic rings. The van der Waals surface area contributed by atoms with Crippen LogP contribution in [0.3, 0.4) is 0 Å². The van der Waals surface area contributed by atoms with Gasteiger partial charge in [-0.3, -0.25) is 19.7 Å². The lowest BCUT2D eigenvalue weighted by Gasteiger charge is -2.26. The van der Waals surface area contributed by atoms with Crippen LogP contribution in [0.1, 0.15) is 23.2 Å². The van der Waals surface area contributed by atoms with E-state index < -0.39 is 0 Å². The number of hydrogen-bond donors (Lipinski definition) is 1. The summed E-state index contributed by atoms with van der Waals surface area (Å²) in [5.74, 6) is 0.0998. The van der Waals surface area contributed by atoms with Gasteiger partial charge < -0.3 is 0 Å². The Bertz CT molecular complexity index is 667. The molecule has 104 valence electrons. The van der Waals surface area contributed by atoms with Crippen LogP contribution < -0.4 is 5.43 Å². The van der Waals surface area contributed by atoms with Crippen molar-refractivity contribution < 1.29 is 9.59 Å². The molecule has 0 atom stereocenters. The van der Waals surface area contributed by atoms with E-state index in [0.29, 0.717) is 31.5 Å². The van der Waals surface area contributed by atoms with Gasteiger partial charge >= 0.3 is 0 Å². The summed E-state index contributed by atoms with van der Waals surface area (Å²) in [6.45, 7) is 1.15. The minimum Gasteiger partial charge on any atom is -0.300 e. The zero-order chi connectivity index (χ0) is 14.1. The molecule has 6 heteroatoms. The number of piperidine rings is 1. The number of hydrazine groups is 1. The zero-order valence-corrected chi connectivity index (χ0v) is 11.3. The van der Waals surface area contributed by atoms with Gasteiger partial charge in [-0.2, -0.15) is 5.10 Å². The molecule has 0 spiro atoms. The first kappa shape index (κ1) is 12.8. The van der Waals surface area contributed by atoms with Gasteiger partial charge in [0.25, 0.3) is 5.91 Å². The van der Waals surface area contributed by atoms with Gasteiger partial charge in [0.2, 0.25) is 0 Å². The highest BCUT2D eigenvalue weighted by Gasteiger charge is 2.19. The number of aryl methyl sites for hydroxylation is 1. The van der Waals surface area contributed by atoms with Crippen LogP contribution in [0, 0.1) is 0 Å². The highest BCUT2D eigenvalue weighted by molar-refractivity contribution is 6.05. The normalized spacial score (nSPS) is 16.6. The maximum Gasteiger partial charge on any atom is 0.266 e. The third-order valence-corrected chi connectivity index (χ3v) is 3.49. The van der Waals surface area contributed by atoms with Gasteiger partial charge in [-0.05, 0) is 12.1 Å². The number of carbonyl (C=O) groups is 2. The van der Waals surface area contributed by atoms with E-state index in [2.05, 4.69) is 10.5 Å². The molecule has 1 aromatic heterocycles. The molecule has 0 bridgehead atoms. The topological polar surface area (TPSA) is 67.2 Å². The molecule has 3 rings (SSSR count). The molecule has 1 saturated heterocycles. The van der Waals surface area contributed by atoms with E-state index in [-0.39, 0.29) is 11.7 Å². The number of rotatable bonds is 2. The summed E-state index contributed by atoms with van der Waals surface area (Å²) in [5, 5.41) is 6.93. The first-order valence-corrected chi connectivity index (χ1v) is 6.63. The van der Waals surface area contributed by atoms with E-state index in [1.165, 1.54) is 0 Å². The molecule has 1 aromatic carbocycles. The molecule has 1 fully saturated rings. The number of fused-ring (bicyclic) bond motifs is 1. The summed E-state index contributed by atoms with van der Waals surface area (Å²) in [6, 6.07) is 5.49. The van der Waals surface area contributed by atoms with Gasteiger partial charge in [0, 0.05) is 44.6 Å². The maximum atomic E-state index is 12.3. The Labute approximate surface area is 116 Å². The van der Waals surface area contributed by atoms with E-state index >= 15 is 0 Å². The predicted octanol–water partition coefficient (Wildman–Crippen LogP) is 0.883. The lowest BCUT2D eigenvalue weighted by atomic mass is 10.1. The number of benzene rings is 1. The van der Waals surface area contributed by atoms with Crippen molar-refractivity contribution >= 4 is 22.6 Å². The Morgan fingerprint density at radius 1 is 1.30 bits per heavy atom. The Morgan fingerprint density at radius 3 is 2.80 bits per heavy atom. The Hall–Kier alpha value is -2.21. The summed E-state index contributed by atoms with van der Waals surface area (Å²) >= 11 is 0. The van der Waals surface area contributed by atoms with E-state index in [1.807, 2.05) is 25.4 Å². The third kappa shape index (κ3) is 2.42. The number of carbonyl (C=O) groups excluding carboxylic acids is 2. The largest absolute Gasteiger partial charge is 0.300 e. The van der Waals surface area contributed by atoms with Crippen molar-refractivity contribution in [3.05, 3.63) is 30.0 Å². The van der Waals surface area contributed by atoms with Crippen molar-refractivity contribution in [1.82, 2.24) is 20.2 Å². The summed E-state index contributed by atoms with van der Waals surface area (Å²) in [4.78, 5) is 23.5. The van der Waals surface area contributed by atoms with Crippen molar-refractivity contribution in [2.45, 2.75) is 12.8 Å². The molecule has 2 heterocycles. The summed E-state index contributed by atoms with van der Waals surface area (Å²) in [7, 11) is 1.83. The van der Waals surface area contributed by atoms with Crippen LogP contribution in [0.25, 0.3) is 10.9 Å². The molecular weight excluding hydrogens is 256 g/mol. The number of ketones is 1. The molecule has 2 aromatic rings. The Morgan fingerprint density at radius 2 is 2.05 bits per heavy atom. The molecule has 0 unspecified atom stereocenters. The molecule has 0 saturated carbocycles. The number of nitrogens with zero attached hydrogens (tertiary/aromatic N) is 3. The van der Waals surface area contributed by atoms with Crippen LogP contribution >= 0.6 is 0 Å². The van der Waals surface area contributed by atoms with Gasteiger partial charge in [-0.15, -0.1) is 0 Å². The van der Waals surface area contributed by atoms with E-state index in [0.717, 1.165) is 10.9 Å². The maximum absolute atomic E-state index is 12.3. The number of hydrogen-bond acceptors (Lipinski definition) is 4. The Balaban J connectivity index is 1.80. The quantitative estimate of drug-likeness (QED) is 0.881. The lowest BCUT2D eigenvalue weighted by molar-refractivity contribution is -0.121. The molecule has 0 radical (unpaired) electrons. The van der Waals surface area contributed by atoms with Crippen LogP contribution in [0.2, 0.25) is 0 Å². The predicted molar refractivity (Wildman–Crippen MR) is 74.0 cm³/mol. The van der Waals surface area contributed by atoms with Gasteiger partial charge in [0.05, 0.1) is 11.1 Å². The zero-order valence-electron chi connectivity index (χ0n) is 11.3. The summed E-state index contributed by atoms with van der Waals surface area (Å²) in [6.07, 6.45) is 2.83. The summed E-state index contributed by atoms with van der Waals surface area (Å²) < 4.78 is 1.70. The van der Waals surface area contributed by atoms with E-state index in [1.54, 1.807) is 15.8 Å². The van der Waals surface area contributed by atoms with Crippen LogP contribution in [-0.2, 0) is 11.8 Å². The van der Waals surface area contributed by atoms with Crippen molar-refractivity contribution in [3.63, 3.8) is 0 Å². The van der Waals surface area contributed by atoms with Crippen molar-refractivity contribution in [2.75, 3.05) is 13.1 Å². The molecule has 20 heavy (non-hydrogen) atoms. The second-order valence-corrected chi connectivity index (χ2v) is 5.01. The fourth-order valence-corrected chi connectivity index (χ4v) is 2.43. The monoisotopic (exact) mass is 272 g/mol. The summed E-state index contributed by atoms with van der Waals surface area (Å²) in [5.41, 5.74) is 4.27. The first-order chi connectivity index (χ1) is 9.63.